The molecule has 0 aliphatic carbocycles. The fraction of sp³-hybridized carbons (Fsp3) is 0.174. The molecule has 1 amide bonds. The first-order valence-electron chi connectivity index (χ1n) is 9.97. The number of aromatic nitrogens is 3. The highest BCUT2D eigenvalue weighted by Gasteiger charge is 2.22. The number of fused-ring (bicyclic) bond motifs is 1. The van der Waals surface area contributed by atoms with Gasteiger partial charge in [-0.1, -0.05) is 51.3 Å². The molecule has 0 aliphatic rings. The molecule has 0 spiro atoms. The van der Waals surface area contributed by atoms with E-state index in [1.807, 2.05) is 30.5 Å². The van der Waals surface area contributed by atoms with Crippen LogP contribution in [0.3, 0.4) is 0 Å². The standard InChI is InChI=1S/C23H20BrClN4O3S/c1-13-4-8-18(9-5-13)33(31,32)28-23(30)20-10-14(2)21-22(27-20)29(15(3)26-21)12-16-6-7-17(24)11-19(16)25/h4-11H,12H2,1-3H3,(H,28,30). The Morgan fingerprint density at radius 2 is 1.76 bits per heavy atom. The number of rotatable bonds is 5. The number of pyridine rings is 1. The van der Waals surface area contributed by atoms with E-state index in [1.54, 1.807) is 25.1 Å². The third-order valence-corrected chi connectivity index (χ3v) is 7.41. The van der Waals surface area contributed by atoms with Crippen molar-refractivity contribution < 1.29 is 13.2 Å². The summed E-state index contributed by atoms with van der Waals surface area (Å²) < 4.78 is 30.1. The normalized spacial score (nSPS) is 11.7. The summed E-state index contributed by atoms with van der Waals surface area (Å²) >= 11 is 9.79. The van der Waals surface area contributed by atoms with Crippen LogP contribution >= 0.6 is 27.5 Å². The molecule has 0 unspecified atom stereocenters. The van der Waals surface area contributed by atoms with Gasteiger partial charge in [0.05, 0.1) is 11.4 Å². The number of amides is 1. The summed E-state index contributed by atoms with van der Waals surface area (Å²) in [5.41, 5.74) is 3.58. The maximum Gasteiger partial charge on any atom is 0.283 e. The number of nitrogens with one attached hydrogen (secondary N) is 1. The minimum absolute atomic E-state index is 0.00464. The zero-order valence-electron chi connectivity index (χ0n) is 18.1. The molecule has 0 atom stereocenters. The van der Waals surface area contributed by atoms with Crippen molar-refractivity contribution in [1.29, 1.82) is 0 Å². The van der Waals surface area contributed by atoms with Crippen molar-refractivity contribution >= 4 is 54.6 Å². The number of hydrogen-bond donors (Lipinski definition) is 1. The number of carbonyl (C=O) groups is 1. The second-order valence-electron chi connectivity index (χ2n) is 7.73. The highest BCUT2D eigenvalue weighted by molar-refractivity contribution is 9.10. The van der Waals surface area contributed by atoms with Gasteiger partial charge in [0.2, 0.25) is 0 Å². The van der Waals surface area contributed by atoms with Gasteiger partial charge >= 0.3 is 0 Å². The van der Waals surface area contributed by atoms with E-state index in [2.05, 4.69) is 30.6 Å². The van der Waals surface area contributed by atoms with E-state index < -0.39 is 15.9 Å². The van der Waals surface area contributed by atoms with Gasteiger partial charge in [-0.15, -0.1) is 0 Å². The summed E-state index contributed by atoms with van der Waals surface area (Å²) in [7, 11) is -4.04. The van der Waals surface area contributed by atoms with Gasteiger partial charge in [0.15, 0.2) is 5.65 Å². The van der Waals surface area contributed by atoms with Crippen molar-refractivity contribution in [3.8, 4) is 0 Å². The smallest absolute Gasteiger partial charge is 0.283 e. The molecule has 0 aliphatic heterocycles. The third-order valence-electron chi connectivity index (χ3n) is 5.22. The number of halogens is 2. The summed E-state index contributed by atoms with van der Waals surface area (Å²) in [5.74, 6) is -0.114. The summed E-state index contributed by atoms with van der Waals surface area (Å²) in [6.45, 7) is 5.89. The Balaban J connectivity index is 1.71. The molecule has 2 heterocycles. The molecule has 4 aromatic rings. The van der Waals surface area contributed by atoms with Crippen molar-refractivity contribution in [2.75, 3.05) is 0 Å². The first-order valence-corrected chi connectivity index (χ1v) is 12.6. The fourth-order valence-electron chi connectivity index (χ4n) is 3.43. The minimum Gasteiger partial charge on any atom is -0.308 e. The average Bonchev–Trinajstić information content (AvgIpc) is 3.06. The van der Waals surface area contributed by atoms with Crippen molar-refractivity contribution in [3.05, 3.63) is 86.2 Å². The summed E-state index contributed by atoms with van der Waals surface area (Å²) in [6.07, 6.45) is 0. The van der Waals surface area contributed by atoms with E-state index in [4.69, 9.17) is 11.6 Å². The van der Waals surface area contributed by atoms with Gasteiger partial charge in [0, 0.05) is 9.50 Å². The Labute approximate surface area is 205 Å². The molecule has 4 rings (SSSR count). The largest absolute Gasteiger partial charge is 0.308 e. The molecule has 170 valence electrons. The molecular formula is C23H20BrClN4O3S. The Kier molecular flexibility index (Phi) is 6.30. The van der Waals surface area contributed by atoms with Gasteiger partial charge in [-0.3, -0.25) is 4.79 Å². The van der Waals surface area contributed by atoms with E-state index in [1.165, 1.54) is 18.2 Å². The summed E-state index contributed by atoms with van der Waals surface area (Å²) in [5, 5.41) is 0.584. The highest BCUT2D eigenvalue weighted by atomic mass is 79.9. The van der Waals surface area contributed by atoms with Crippen molar-refractivity contribution in [3.63, 3.8) is 0 Å². The number of imidazole rings is 1. The van der Waals surface area contributed by atoms with Crippen LogP contribution in [0.2, 0.25) is 5.02 Å². The number of hydrogen-bond acceptors (Lipinski definition) is 5. The lowest BCUT2D eigenvalue weighted by Crippen LogP contribution is -2.31. The first-order chi connectivity index (χ1) is 15.5. The molecule has 2 aromatic carbocycles. The molecule has 0 saturated heterocycles. The molecule has 0 saturated carbocycles. The molecule has 0 radical (unpaired) electrons. The van der Waals surface area contributed by atoms with E-state index in [9.17, 15) is 13.2 Å². The topological polar surface area (TPSA) is 94.0 Å². The monoisotopic (exact) mass is 546 g/mol. The Morgan fingerprint density at radius 1 is 1.06 bits per heavy atom. The van der Waals surface area contributed by atoms with E-state index in [-0.39, 0.29) is 10.6 Å². The molecule has 7 nitrogen and oxygen atoms in total. The lowest BCUT2D eigenvalue weighted by molar-refractivity contribution is 0.0976. The van der Waals surface area contributed by atoms with Gasteiger partial charge < -0.3 is 4.57 Å². The van der Waals surface area contributed by atoms with Crippen molar-refractivity contribution in [2.24, 2.45) is 0 Å². The van der Waals surface area contributed by atoms with Gasteiger partial charge in [-0.25, -0.2) is 23.1 Å². The van der Waals surface area contributed by atoms with Crippen molar-refractivity contribution in [1.82, 2.24) is 19.3 Å². The lowest BCUT2D eigenvalue weighted by Gasteiger charge is -2.10. The lowest BCUT2D eigenvalue weighted by atomic mass is 10.2. The molecular weight excluding hydrogens is 528 g/mol. The SMILES string of the molecule is Cc1ccc(S(=O)(=O)NC(=O)c2cc(C)c3nc(C)n(Cc4ccc(Br)cc4Cl)c3n2)cc1. The Bertz CT molecular complexity index is 1500. The van der Waals surface area contributed by atoms with E-state index in [0.717, 1.165) is 15.6 Å². The maximum absolute atomic E-state index is 12.9. The maximum atomic E-state index is 12.9. The van der Waals surface area contributed by atoms with Gasteiger partial charge in [0.1, 0.15) is 17.0 Å². The van der Waals surface area contributed by atoms with E-state index >= 15 is 0 Å². The number of aryl methyl sites for hydroxylation is 3. The van der Waals surface area contributed by atoms with Crippen LogP contribution in [0.4, 0.5) is 0 Å². The molecule has 1 N–H and O–H groups in total. The van der Waals surface area contributed by atoms with Crippen LogP contribution < -0.4 is 4.72 Å². The Morgan fingerprint density at radius 3 is 2.42 bits per heavy atom. The molecule has 2 aromatic heterocycles. The van der Waals surface area contributed by atoms with Crippen molar-refractivity contribution in [2.45, 2.75) is 32.2 Å². The average molecular weight is 548 g/mol. The van der Waals surface area contributed by atoms with Crippen LogP contribution in [0.15, 0.2) is 57.9 Å². The quantitative estimate of drug-likeness (QED) is 0.382. The van der Waals surface area contributed by atoms with Gasteiger partial charge in [-0.2, -0.15) is 0 Å². The number of benzene rings is 2. The van der Waals surface area contributed by atoms with E-state index in [0.29, 0.717) is 34.1 Å². The van der Waals surface area contributed by atoms with Crippen LogP contribution in [0.25, 0.3) is 11.2 Å². The number of carbonyl (C=O) groups excluding carboxylic acids is 1. The van der Waals surface area contributed by atoms with Crippen LogP contribution in [0.5, 0.6) is 0 Å². The fourth-order valence-corrected chi connectivity index (χ4v) is 5.12. The number of sulfonamides is 1. The zero-order chi connectivity index (χ0) is 23.9. The highest BCUT2D eigenvalue weighted by Crippen LogP contribution is 2.25. The molecule has 33 heavy (non-hydrogen) atoms. The predicted octanol–water partition coefficient (Wildman–Crippen LogP) is 4.94. The van der Waals surface area contributed by atoms with Gasteiger partial charge in [0.25, 0.3) is 15.9 Å². The second-order valence-corrected chi connectivity index (χ2v) is 10.7. The van der Waals surface area contributed by atoms with Crippen LogP contribution in [0, 0.1) is 20.8 Å². The molecule has 10 heteroatoms. The Hall–Kier alpha value is -2.75. The van der Waals surface area contributed by atoms with Gasteiger partial charge in [-0.05, 0) is 62.2 Å². The minimum atomic E-state index is -4.04. The second kappa shape index (κ2) is 8.89. The first kappa shape index (κ1) is 23.4. The zero-order valence-corrected chi connectivity index (χ0v) is 21.2. The van der Waals surface area contributed by atoms with Crippen LogP contribution in [-0.2, 0) is 16.6 Å². The molecule has 0 fully saturated rings. The van der Waals surface area contributed by atoms with Crippen LogP contribution in [0.1, 0.15) is 33.0 Å². The predicted molar refractivity (Wildman–Crippen MR) is 131 cm³/mol. The van der Waals surface area contributed by atoms with Crippen LogP contribution in [-0.4, -0.2) is 28.9 Å². The third kappa shape index (κ3) is 4.80. The summed E-state index contributed by atoms with van der Waals surface area (Å²) in [6, 6.07) is 13.4. The molecule has 0 bridgehead atoms. The number of nitrogens with zero attached hydrogens (tertiary/aromatic N) is 3. The summed E-state index contributed by atoms with van der Waals surface area (Å²) in [4.78, 5) is 21.9.